The Labute approximate surface area is 68.2 Å². The summed E-state index contributed by atoms with van der Waals surface area (Å²) in [5.41, 5.74) is 0. The molecule has 0 saturated carbocycles. The summed E-state index contributed by atoms with van der Waals surface area (Å²) in [5.74, 6) is 0.781. The van der Waals surface area contributed by atoms with Gasteiger partial charge in [0.25, 0.3) is 0 Å². The van der Waals surface area contributed by atoms with Crippen LogP contribution in [0.5, 0.6) is 0 Å². The molecule has 0 N–H and O–H groups in total. The minimum Gasteiger partial charge on any atom is -0.502 e. The maximum atomic E-state index is 5.25. The summed E-state index contributed by atoms with van der Waals surface area (Å²) in [6.07, 6.45) is 5.09. The molecule has 64 valence electrons. The van der Waals surface area contributed by atoms with Crippen LogP contribution in [-0.4, -0.2) is 19.8 Å². The van der Waals surface area contributed by atoms with Crippen LogP contribution in [0.3, 0.4) is 0 Å². The summed E-state index contributed by atoms with van der Waals surface area (Å²) in [4.78, 5) is 0. The summed E-state index contributed by atoms with van der Waals surface area (Å²) in [6, 6.07) is 0. The minimum atomic E-state index is 0.781. The van der Waals surface area contributed by atoms with Crippen molar-refractivity contribution in [2.45, 2.75) is 19.3 Å². The third-order valence-corrected chi connectivity index (χ3v) is 2.02. The summed E-state index contributed by atoms with van der Waals surface area (Å²) in [7, 11) is 0. The van der Waals surface area contributed by atoms with Crippen molar-refractivity contribution in [1.82, 2.24) is 0 Å². The molecule has 1 fully saturated rings. The van der Waals surface area contributed by atoms with Crippen molar-refractivity contribution in [2.75, 3.05) is 19.8 Å². The lowest BCUT2D eigenvalue weighted by atomic mass is 10.0. The number of hydrogen-bond acceptors (Lipinski definition) is 2. The van der Waals surface area contributed by atoms with E-state index < -0.39 is 0 Å². The average molecular weight is 156 g/mol. The van der Waals surface area contributed by atoms with E-state index in [2.05, 4.69) is 6.58 Å². The highest BCUT2D eigenvalue weighted by atomic mass is 16.5. The summed E-state index contributed by atoms with van der Waals surface area (Å²) in [5, 5.41) is 0. The van der Waals surface area contributed by atoms with Crippen molar-refractivity contribution in [3.63, 3.8) is 0 Å². The standard InChI is InChI=1S/C9H16O2/c1-2-10-6-3-4-9-5-7-11-8-9/h2,9H,1,3-8H2. The largest absolute Gasteiger partial charge is 0.502 e. The van der Waals surface area contributed by atoms with E-state index in [0.29, 0.717) is 0 Å². The molecule has 0 aromatic rings. The van der Waals surface area contributed by atoms with Gasteiger partial charge in [-0.3, -0.25) is 0 Å². The van der Waals surface area contributed by atoms with Gasteiger partial charge in [0.2, 0.25) is 0 Å². The summed E-state index contributed by atoms with van der Waals surface area (Å²) in [6.45, 7) is 6.19. The van der Waals surface area contributed by atoms with Gasteiger partial charge in [-0.1, -0.05) is 6.58 Å². The predicted molar refractivity (Wildman–Crippen MR) is 44.3 cm³/mol. The molecule has 1 saturated heterocycles. The van der Waals surface area contributed by atoms with Gasteiger partial charge in [0.05, 0.1) is 12.9 Å². The molecule has 1 atom stereocenters. The Morgan fingerprint density at radius 1 is 1.64 bits per heavy atom. The predicted octanol–water partition coefficient (Wildman–Crippen LogP) is 1.96. The van der Waals surface area contributed by atoms with E-state index in [0.717, 1.165) is 32.2 Å². The highest BCUT2D eigenvalue weighted by Gasteiger charge is 2.14. The van der Waals surface area contributed by atoms with Crippen molar-refractivity contribution in [2.24, 2.45) is 5.92 Å². The van der Waals surface area contributed by atoms with Crippen LogP contribution in [0.4, 0.5) is 0 Å². The molecule has 0 radical (unpaired) electrons. The normalized spacial score (nSPS) is 23.5. The van der Waals surface area contributed by atoms with Crippen LogP contribution >= 0.6 is 0 Å². The monoisotopic (exact) mass is 156 g/mol. The van der Waals surface area contributed by atoms with Gasteiger partial charge in [0.1, 0.15) is 0 Å². The fourth-order valence-electron chi connectivity index (χ4n) is 1.35. The first-order valence-corrected chi connectivity index (χ1v) is 4.23. The smallest absolute Gasteiger partial charge is 0.0873 e. The first-order valence-electron chi connectivity index (χ1n) is 4.23. The van der Waals surface area contributed by atoms with Crippen molar-refractivity contribution in [1.29, 1.82) is 0 Å². The van der Waals surface area contributed by atoms with Crippen molar-refractivity contribution >= 4 is 0 Å². The maximum Gasteiger partial charge on any atom is 0.0873 e. The first-order chi connectivity index (χ1) is 5.43. The summed E-state index contributed by atoms with van der Waals surface area (Å²) >= 11 is 0. The maximum absolute atomic E-state index is 5.25. The average Bonchev–Trinajstić information content (AvgIpc) is 2.50. The van der Waals surface area contributed by atoms with Crippen molar-refractivity contribution in [3.05, 3.63) is 12.8 Å². The van der Waals surface area contributed by atoms with Crippen LogP contribution in [0.1, 0.15) is 19.3 Å². The molecule has 0 bridgehead atoms. The number of hydrogen-bond donors (Lipinski definition) is 0. The Hall–Kier alpha value is -0.500. The van der Waals surface area contributed by atoms with Crippen LogP contribution < -0.4 is 0 Å². The lowest BCUT2D eigenvalue weighted by Crippen LogP contribution is -2.00. The van der Waals surface area contributed by atoms with Gasteiger partial charge in [-0.25, -0.2) is 0 Å². The first kappa shape index (κ1) is 8.60. The zero-order chi connectivity index (χ0) is 7.94. The Balaban J connectivity index is 1.89. The Morgan fingerprint density at radius 2 is 2.55 bits per heavy atom. The molecule has 2 heteroatoms. The fourth-order valence-corrected chi connectivity index (χ4v) is 1.35. The van der Waals surface area contributed by atoms with E-state index in [1.807, 2.05) is 0 Å². The van der Waals surface area contributed by atoms with E-state index in [-0.39, 0.29) is 0 Å². The van der Waals surface area contributed by atoms with Gasteiger partial charge in [0, 0.05) is 13.2 Å². The second-order valence-corrected chi connectivity index (χ2v) is 2.91. The molecule has 1 heterocycles. The molecule has 0 spiro atoms. The molecule has 1 rings (SSSR count). The minimum absolute atomic E-state index is 0.781. The Morgan fingerprint density at radius 3 is 3.18 bits per heavy atom. The molecular weight excluding hydrogens is 140 g/mol. The topological polar surface area (TPSA) is 18.5 Å². The molecule has 2 nitrogen and oxygen atoms in total. The zero-order valence-electron chi connectivity index (χ0n) is 6.92. The van der Waals surface area contributed by atoms with Crippen LogP contribution in [-0.2, 0) is 9.47 Å². The van der Waals surface area contributed by atoms with Crippen LogP contribution in [0.25, 0.3) is 0 Å². The van der Waals surface area contributed by atoms with Gasteiger partial charge in [-0.05, 0) is 25.2 Å². The van der Waals surface area contributed by atoms with Crippen LogP contribution in [0, 0.1) is 5.92 Å². The lowest BCUT2D eigenvalue weighted by molar-refractivity contribution is 0.179. The fraction of sp³-hybridized carbons (Fsp3) is 0.778. The molecule has 0 aliphatic carbocycles. The quantitative estimate of drug-likeness (QED) is 0.447. The third kappa shape index (κ3) is 3.42. The molecule has 1 aliphatic rings. The summed E-state index contributed by atoms with van der Waals surface area (Å²) < 4.78 is 10.3. The van der Waals surface area contributed by atoms with E-state index >= 15 is 0 Å². The van der Waals surface area contributed by atoms with E-state index in [9.17, 15) is 0 Å². The second kappa shape index (κ2) is 5.19. The van der Waals surface area contributed by atoms with Gasteiger partial charge in [0.15, 0.2) is 0 Å². The highest BCUT2D eigenvalue weighted by molar-refractivity contribution is 4.63. The molecule has 1 unspecified atom stereocenters. The molecule has 11 heavy (non-hydrogen) atoms. The van der Waals surface area contributed by atoms with E-state index in [1.54, 1.807) is 0 Å². The van der Waals surface area contributed by atoms with Crippen LogP contribution in [0.2, 0.25) is 0 Å². The second-order valence-electron chi connectivity index (χ2n) is 2.91. The van der Waals surface area contributed by atoms with Crippen molar-refractivity contribution in [3.8, 4) is 0 Å². The number of ether oxygens (including phenoxy) is 2. The molecule has 0 aromatic carbocycles. The van der Waals surface area contributed by atoms with E-state index in [1.165, 1.54) is 19.1 Å². The van der Waals surface area contributed by atoms with Gasteiger partial charge in [-0.15, -0.1) is 0 Å². The molecule has 0 aromatic heterocycles. The van der Waals surface area contributed by atoms with Gasteiger partial charge in [-0.2, -0.15) is 0 Å². The molecular formula is C9H16O2. The lowest BCUT2D eigenvalue weighted by Gasteiger charge is -2.05. The highest BCUT2D eigenvalue weighted by Crippen LogP contribution is 2.17. The van der Waals surface area contributed by atoms with E-state index in [4.69, 9.17) is 9.47 Å². The molecule has 0 amide bonds. The van der Waals surface area contributed by atoms with Crippen LogP contribution in [0.15, 0.2) is 12.8 Å². The van der Waals surface area contributed by atoms with Crippen molar-refractivity contribution < 1.29 is 9.47 Å². The SMILES string of the molecule is C=COCCCC1CCOC1. The van der Waals surface area contributed by atoms with Gasteiger partial charge < -0.3 is 9.47 Å². The Kier molecular flexibility index (Phi) is 4.06. The molecule has 1 aliphatic heterocycles. The Bertz CT molecular complexity index is 106. The third-order valence-electron chi connectivity index (χ3n) is 2.02. The number of rotatable bonds is 5. The van der Waals surface area contributed by atoms with Gasteiger partial charge >= 0.3 is 0 Å². The zero-order valence-corrected chi connectivity index (χ0v) is 6.92.